The molecule has 20 heavy (non-hydrogen) atoms. The van der Waals surface area contributed by atoms with Crippen LogP contribution in [0.2, 0.25) is 0 Å². The van der Waals surface area contributed by atoms with Crippen LogP contribution in [0.4, 0.5) is 0 Å². The largest absolute Gasteiger partial charge is 0.465 e. The van der Waals surface area contributed by atoms with Crippen LogP contribution in [0.25, 0.3) is 11.1 Å². The fourth-order valence-corrected chi connectivity index (χ4v) is 1.89. The molecule has 2 nitrogen and oxygen atoms in total. The molecule has 0 spiro atoms. The first-order valence-corrected chi connectivity index (χ1v) is 6.60. The molecule has 2 heteroatoms. The van der Waals surface area contributed by atoms with Crippen LogP contribution in [0.15, 0.2) is 54.6 Å². The lowest BCUT2D eigenvalue weighted by molar-refractivity contribution is -0.141. The molecular weight excluding hydrogens is 248 g/mol. The van der Waals surface area contributed by atoms with Gasteiger partial charge < -0.3 is 4.74 Å². The van der Waals surface area contributed by atoms with E-state index in [-0.39, 0.29) is 12.4 Å². The molecule has 0 aromatic heterocycles. The quantitative estimate of drug-likeness (QED) is 0.624. The van der Waals surface area contributed by atoms with E-state index in [1.54, 1.807) is 6.92 Å². The number of benzene rings is 2. The molecule has 0 atom stereocenters. The normalized spacial score (nSPS) is 9.45. The molecule has 0 amide bonds. The van der Waals surface area contributed by atoms with Crippen LogP contribution in [-0.4, -0.2) is 12.6 Å². The summed E-state index contributed by atoms with van der Waals surface area (Å²) in [6, 6.07) is 18.0. The van der Waals surface area contributed by atoms with E-state index in [2.05, 4.69) is 11.8 Å². The van der Waals surface area contributed by atoms with Crippen molar-refractivity contribution in [3.63, 3.8) is 0 Å². The number of hydrogen-bond donors (Lipinski definition) is 0. The summed E-state index contributed by atoms with van der Waals surface area (Å²) in [5.74, 6) is 5.64. The molecule has 0 fully saturated rings. The fourth-order valence-electron chi connectivity index (χ4n) is 1.89. The molecule has 0 heterocycles. The van der Waals surface area contributed by atoms with E-state index in [0.717, 1.165) is 16.7 Å². The monoisotopic (exact) mass is 264 g/mol. The zero-order valence-corrected chi connectivity index (χ0v) is 11.4. The van der Waals surface area contributed by atoms with Crippen molar-refractivity contribution in [2.75, 3.05) is 6.61 Å². The van der Waals surface area contributed by atoms with Crippen molar-refractivity contribution in [1.29, 1.82) is 0 Å². The Labute approximate surface area is 119 Å². The second-order valence-electron chi connectivity index (χ2n) is 4.20. The lowest BCUT2D eigenvalue weighted by Crippen LogP contribution is -2.01. The van der Waals surface area contributed by atoms with E-state index in [0.29, 0.717) is 6.61 Å². The highest BCUT2D eigenvalue weighted by Crippen LogP contribution is 2.22. The summed E-state index contributed by atoms with van der Waals surface area (Å²) in [4.78, 5) is 11.3. The van der Waals surface area contributed by atoms with Crippen LogP contribution in [-0.2, 0) is 9.53 Å². The van der Waals surface area contributed by atoms with E-state index in [1.165, 1.54) is 0 Å². The van der Waals surface area contributed by atoms with Gasteiger partial charge in [-0.05, 0) is 24.1 Å². The molecule has 0 saturated carbocycles. The van der Waals surface area contributed by atoms with Gasteiger partial charge in [-0.25, -0.2) is 0 Å². The van der Waals surface area contributed by atoms with E-state index in [9.17, 15) is 4.79 Å². The molecule has 2 aromatic carbocycles. The van der Waals surface area contributed by atoms with Crippen LogP contribution in [0.3, 0.4) is 0 Å². The summed E-state index contributed by atoms with van der Waals surface area (Å²) in [6.07, 6.45) is 0.122. The molecule has 0 aliphatic heterocycles. The Bertz CT molecular complexity index is 633. The Hall–Kier alpha value is -2.53. The summed E-state index contributed by atoms with van der Waals surface area (Å²) in [5, 5.41) is 0. The molecule has 0 saturated heterocycles. The lowest BCUT2D eigenvalue weighted by Gasteiger charge is -2.04. The van der Waals surface area contributed by atoms with E-state index < -0.39 is 0 Å². The maximum Gasteiger partial charge on any atom is 0.317 e. The Balaban J connectivity index is 2.22. The Kier molecular flexibility index (Phi) is 4.97. The SMILES string of the molecule is CCOC(=O)CC#Cc1ccccc1-c1ccccc1. The summed E-state index contributed by atoms with van der Waals surface area (Å²) < 4.78 is 4.85. The van der Waals surface area contributed by atoms with Gasteiger partial charge in [0.1, 0.15) is 6.42 Å². The molecule has 100 valence electrons. The van der Waals surface area contributed by atoms with Gasteiger partial charge in [-0.3, -0.25) is 4.79 Å². The van der Waals surface area contributed by atoms with Crippen molar-refractivity contribution in [3.8, 4) is 23.0 Å². The van der Waals surface area contributed by atoms with Crippen molar-refractivity contribution in [1.82, 2.24) is 0 Å². The highest BCUT2D eigenvalue weighted by atomic mass is 16.5. The number of hydrogen-bond acceptors (Lipinski definition) is 2. The smallest absolute Gasteiger partial charge is 0.317 e. The fraction of sp³-hybridized carbons (Fsp3) is 0.167. The topological polar surface area (TPSA) is 26.3 Å². The first-order valence-electron chi connectivity index (χ1n) is 6.60. The maximum atomic E-state index is 11.3. The third-order valence-electron chi connectivity index (χ3n) is 2.77. The van der Waals surface area contributed by atoms with Crippen LogP contribution in [0.1, 0.15) is 18.9 Å². The minimum absolute atomic E-state index is 0.122. The minimum Gasteiger partial charge on any atom is -0.465 e. The first-order chi connectivity index (χ1) is 9.81. The van der Waals surface area contributed by atoms with Crippen molar-refractivity contribution < 1.29 is 9.53 Å². The standard InChI is InChI=1S/C18H16O2/c1-2-20-18(19)14-8-12-16-11-6-7-13-17(16)15-9-4-3-5-10-15/h3-7,9-11,13H,2,14H2,1H3. The van der Waals surface area contributed by atoms with Crippen molar-refractivity contribution in [2.45, 2.75) is 13.3 Å². The Morgan fingerprint density at radius 3 is 2.50 bits per heavy atom. The molecule has 2 rings (SSSR count). The average molecular weight is 264 g/mol. The number of carbonyl (C=O) groups is 1. The van der Waals surface area contributed by atoms with Crippen LogP contribution in [0.5, 0.6) is 0 Å². The van der Waals surface area contributed by atoms with Gasteiger partial charge >= 0.3 is 5.97 Å². The van der Waals surface area contributed by atoms with Gasteiger partial charge in [0.25, 0.3) is 0 Å². The summed E-state index contributed by atoms with van der Waals surface area (Å²) in [5.41, 5.74) is 3.11. The minimum atomic E-state index is -0.280. The maximum absolute atomic E-state index is 11.3. The number of rotatable bonds is 3. The predicted octanol–water partition coefficient (Wildman–Crippen LogP) is 3.66. The van der Waals surface area contributed by atoms with Crippen LogP contribution in [0, 0.1) is 11.8 Å². The molecule has 0 N–H and O–H groups in total. The summed E-state index contributed by atoms with van der Waals surface area (Å²) in [7, 11) is 0. The predicted molar refractivity (Wildman–Crippen MR) is 80.0 cm³/mol. The molecule has 0 aliphatic rings. The Morgan fingerprint density at radius 2 is 1.75 bits per heavy atom. The van der Waals surface area contributed by atoms with Crippen molar-refractivity contribution >= 4 is 5.97 Å². The highest BCUT2D eigenvalue weighted by molar-refractivity contribution is 5.74. The number of ether oxygens (including phenoxy) is 1. The molecule has 0 radical (unpaired) electrons. The van der Waals surface area contributed by atoms with Crippen LogP contribution < -0.4 is 0 Å². The summed E-state index contributed by atoms with van der Waals surface area (Å²) >= 11 is 0. The second kappa shape index (κ2) is 7.16. The van der Waals surface area contributed by atoms with Crippen molar-refractivity contribution in [3.05, 3.63) is 60.2 Å². The average Bonchev–Trinajstić information content (AvgIpc) is 2.49. The summed E-state index contributed by atoms with van der Waals surface area (Å²) in [6.45, 7) is 2.18. The van der Waals surface area contributed by atoms with E-state index >= 15 is 0 Å². The van der Waals surface area contributed by atoms with Gasteiger partial charge in [0.05, 0.1) is 6.61 Å². The van der Waals surface area contributed by atoms with Gasteiger partial charge in [0.15, 0.2) is 0 Å². The van der Waals surface area contributed by atoms with Crippen molar-refractivity contribution in [2.24, 2.45) is 0 Å². The van der Waals surface area contributed by atoms with Gasteiger partial charge in [-0.15, -0.1) is 0 Å². The van der Waals surface area contributed by atoms with Gasteiger partial charge in [-0.2, -0.15) is 0 Å². The molecular formula is C18H16O2. The highest BCUT2D eigenvalue weighted by Gasteiger charge is 2.02. The third kappa shape index (κ3) is 3.73. The Morgan fingerprint density at radius 1 is 1.05 bits per heavy atom. The van der Waals surface area contributed by atoms with Gasteiger partial charge in [0.2, 0.25) is 0 Å². The zero-order chi connectivity index (χ0) is 14.2. The zero-order valence-electron chi connectivity index (χ0n) is 11.4. The van der Waals surface area contributed by atoms with E-state index in [4.69, 9.17) is 4.74 Å². The lowest BCUT2D eigenvalue weighted by atomic mass is 10.00. The van der Waals surface area contributed by atoms with Crippen LogP contribution >= 0.6 is 0 Å². The molecule has 0 bridgehead atoms. The van der Waals surface area contributed by atoms with Gasteiger partial charge in [0, 0.05) is 5.56 Å². The second-order valence-corrected chi connectivity index (χ2v) is 4.20. The molecule has 2 aromatic rings. The molecule has 0 aliphatic carbocycles. The number of esters is 1. The number of carbonyl (C=O) groups excluding carboxylic acids is 1. The first kappa shape index (κ1) is 13.9. The van der Waals surface area contributed by atoms with Gasteiger partial charge in [-0.1, -0.05) is 60.4 Å². The molecule has 0 unspecified atom stereocenters. The third-order valence-corrected chi connectivity index (χ3v) is 2.77. The van der Waals surface area contributed by atoms with E-state index in [1.807, 2.05) is 54.6 Å².